The second-order valence-corrected chi connectivity index (χ2v) is 6.46. The van der Waals surface area contributed by atoms with Crippen LogP contribution in [0.25, 0.3) is 0 Å². The molecule has 126 valence electrons. The van der Waals surface area contributed by atoms with Gasteiger partial charge in [-0.2, -0.15) is 13.2 Å². The van der Waals surface area contributed by atoms with Gasteiger partial charge in [0.25, 0.3) is 0 Å². The fraction of sp³-hybridized carbons (Fsp3) is 0.562. The highest BCUT2D eigenvalue weighted by molar-refractivity contribution is 5.79. The van der Waals surface area contributed by atoms with E-state index in [4.69, 9.17) is 4.74 Å². The highest BCUT2D eigenvalue weighted by Gasteiger charge is 2.42. The van der Waals surface area contributed by atoms with Crippen LogP contribution >= 0.6 is 0 Å². The first-order valence-electron chi connectivity index (χ1n) is 7.55. The number of hydrogen-bond donors (Lipinski definition) is 0. The van der Waals surface area contributed by atoms with E-state index >= 15 is 0 Å². The van der Waals surface area contributed by atoms with Crippen molar-refractivity contribution >= 4 is 5.91 Å². The number of ether oxygens (including phenoxy) is 1. The van der Waals surface area contributed by atoms with Gasteiger partial charge in [0.15, 0.2) is 0 Å². The van der Waals surface area contributed by atoms with Crippen molar-refractivity contribution in [3.05, 3.63) is 35.4 Å². The highest BCUT2D eigenvalue weighted by atomic mass is 19.4. The first-order valence-corrected chi connectivity index (χ1v) is 7.55. The van der Waals surface area contributed by atoms with Gasteiger partial charge in [-0.25, -0.2) is 0 Å². The van der Waals surface area contributed by atoms with Crippen LogP contribution in [0.15, 0.2) is 24.3 Å². The predicted molar refractivity (Wildman–Crippen MR) is 77.7 cm³/mol. The molecule has 7 heteroatoms. The zero-order chi connectivity index (χ0) is 16.7. The number of piperazine rings is 1. The topological polar surface area (TPSA) is 36.1 Å². The van der Waals surface area contributed by atoms with E-state index in [2.05, 4.69) is 4.90 Å². The smallest absolute Gasteiger partial charge is 0.369 e. The molecule has 0 aliphatic carbocycles. The SMILES string of the molecule is CC1(CN2CCN(Cc3ccc(C(F)(F)F)cc3)C(=O)C2)CO1. The molecule has 2 heterocycles. The molecule has 1 aromatic rings. The molecule has 2 fully saturated rings. The Morgan fingerprint density at radius 1 is 1.22 bits per heavy atom. The van der Waals surface area contributed by atoms with Crippen LogP contribution in [0.2, 0.25) is 0 Å². The maximum Gasteiger partial charge on any atom is 0.416 e. The summed E-state index contributed by atoms with van der Waals surface area (Å²) in [4.78, 5) is 16.0. The van der Waals surface area contributed by atoms with E-state index < -0.39 is 11.7 Å². The number of nitrogens with zero attached hydrogens (tertiary/aromatic N) is 2. The molecule has 2 aliphatic heterocycles. The van der Waals surface area contributed by atoms with E-state index in [1.807, 2.05) is 6.92 Å². The maximum atomic E-state index is 12.5. The molecule has 0 saturated carbocycles. The van der Waals surface area contributed by atoms with Crippen LogP contribution < -0.4 is 0 Å². The summed E-state index contributed by atoms with van der Waals surface area (Å²) in [6.07, 6.45) is -4.33. The van der Waals surface area contributed by atoms with Gasteiger partial charge in [-0.05, 0) is 24.6 Å². The van der Waals surface area contributed by atoms with Crippen LogP contribution in [-0.4, -0.2) is 54.1 Å². The third-order valence-corrected chi connectivity index (χ3v) is 4.25. The zero-order valence-electron chi connectivity index (χ0n) is 12.9. The van der Waals surface area contributed by atoms with Crippen molar-refractivity contribution in [2.75, 3.05) is 32.8 Å². The summed E-state index contributed by atoms with van der Waals surface area (Å²) >= 11 is 0. The Balaban J connectivity index is 1.55. The molecule has 0 bridgehead atoms. The fourth-order valence-electron chi connectivity index (χ4n) is 2.77. The van der Waals surface area contributed by atoms with Crippen molar-refractivity contribution in [1.29, 1.82) is 0 Å². The summed E-state index contributed by atoms with van der Waals surface area (Å²) in [6.45, 7) is 5.51. The van der Waals surface area contributed by atoms with Crippen LogP contribution in [0, 0.1) is 0 Å². The molecule has 3 rings (SSSR count). The summed E-state index contributed by atoms with van der Waals surface area (Å²) in [5.74, 6) is 0.000368. The molecule has 2 aliphatic rings. The van der Waals surface area contributed by atoms with Gasteiger partial charge in [0.2, 0.25) is 5.91 Å². The predicted octanol–water partition coefficient (Wildman–Crippen LogP) is 2.14. The van der Waals surface area contributed by atoms with Crippen LogP contribution in [0.3, 0.4) is 0 Å². The van der Waals surface area contributed by atoms with E-state index in [1.54, 1.807) is 4.90 Å². The molecule has 23 heavy (non-hydrogen) atoms. The summed E-state index contributed by atoms with van der Waals surface area (Å²) < 4.78 is 43.0. The van der Waals surface area contributed by atoms with Crippen molar-refractivity contribution in [2.24, 2.45) is 0 Å². The molecule has 2 saturated heterocycles. The molecular weight excluding hydrogens is 309 g/mol. The van der Waals surface area contributed by atoms with Crippen LogP contribution in [0.1, 0.15) is 18.1 Å². The molecule has 4 nitrogen and oxygen atoms in total. The van der Waals surface area contributed by atoms with Gasteiger partial charge in [-0.15, -0.1) is 0 Å². The molecule has 0 radical (unpaired) electrons. The third-order valence-electron chi connectivity index (χ3n) is 4.25. The average molecular weight is 328 g/mol. The van der Waals surface area contributed by atoms with E-state index in [1.165, 1.54) is 12.1 Å². The molecule has 0 N–H and O–H groups in total. The number of amides is 1. The quantitative estimate of drug-likeness (QED) is 0.795. The van der Waals surface area contributed by atoms with E-state index in [0.717, 1.165) is 31.8 Å². The second kappa shape index (κ2) is 5.79. The minimum absolute atomic E-state index is 0.000368. The van der Waals surface area contributed by atoms with Crippen molar-refractivity contribution in [3.8, 4) is 0 Å². The van der Waals surface area contributed by atoms with E-state index in [0.29, 0.717) is 25.2 Å². The van der Waals surface area contributed by atoms with Crippen molar-refractivity contribution in [1.82, 2.24) is 9.80 Å². The largest absolute Gasteiger partial charge is 0.416 e. The minimum Gasteiger partial charge on any atom is -0.369 e. The zero-order valence-corrected chi connectivity index (χ0v) is 12.9. The molecular formula is C16H19F3N2O2. The molecule has 0 spiro atoms. The molecule has 0 aromatic heterocycles. The van der Waals surface area contributed by atoms with Crippen molar-refractivity contribution < 1.29 is 22.7 Å². The lowest BCUT2D eigenvalue weighted by Gasteiger charge is -2.35. The Bertz CT molecular complexity index is 582. The number of hydrogen-bond acceptors (Lipinski definition) is 3. The number of carbonyl (C=O) groups excluding carboxylic acids is 1. The minimum atomic E-state index is -4.33. The monoisotopic (exact) mass is 328 g/mol. The number of halogens is 3. The first-order chi connectivity index (χ1) is 10.8. The molecule has 1 atom stereocenters. The van der Waals surface area contributed by atoms with Crippen LogP contribution in [0.5, 0.6) is 0 Å². The summed E-state index contributed by atoms with van der Waals surface area (Å²) in [6, 6.07) is 4.98. The number of alkyl halides is 3. The van der Waals surface area contributed by atoms with Crippen molar-refractivity contribution in [2.45, 2.75) is 25.2 Å². The summed E-state index contributed by atoms with van der Waals surface area (Å²) in [5.41, 5.74) is -0.0806. The van der Waals surface area contributed by atoms with Gasteiger partial charge in [-0.1, -0.05) is 12.1 Å². The lowest BCUT2D eigenvalue weighted by Crippen LogP contribution is -2.51. The summed E-state index contributed by atoms with van der Waals surface area (Å²) in [5, 5.41) is 0. The van der Waals surface area contributed by atoms with E-state index in [-0.39, 0.29) is 11.5 Å². The first kappa shape index (κ1) is 16.3. The summed E-state index contributed by atoms with van der Waals surface area (Å²) in [7, 11) is 0. The van der Waals surface area contributed by atoms with Crippen LogP contribution in [0.4, 0.5) is 13.2 Å². The molecule has 1 unspecified atom stereocenters. The second-order valence-electron chi connectivity index (χ2n) is 6.46. The average Bonchev–Trinajstić information content (AvgIpc) is 3.19. The number of benzene rings is 1. The lowest BCUT2D eigenvalue weighted by atomic mass is 10.1. The number of rotatable bonds is 4. The van der Waals surface area contributed by atoms with Gasteiger partial charge in [-0.3, -0.25) is 9.69 Å². The Kier molecular flexibility index (Phi) is 4.10. The molecule has 1 aromatic carbocycles. The number of carbonyl (C=O) groups is 1. The highest BCUT2D eigenvalue weighted by Crippen LogP contribution is 2.29. The van der Waals surface area contributed by atoms with Gasteiger partial charge in [0, 0.05) is 26.2 Å². The standard InChI is InChI=1S/C16H19F3N2O2/c1-15(11-23-15)10-20-6-7-21(14(22)9-20)8-12-2-4-13(5-3-12)16(17,18)19/h2-5H,6-11H2,1H3. The Hall–Kier alpha value is -1.60. The van der Waals surface area contributed by atoms with Gasteiger partial charge >= 0.3 is 6.18 Å². The van der Waals surface area contributed by atoms with E-state index in [9.17, 15) is 18.0 Å². The van der Waals surface area contributed by atoms with Crippen LogP contribution in [-0.2, 0) is 22.3 Å². The lowest BCUT2D eigenvalue weighted by molar-refractivity contribution is -0.138. The van der Waals surface area contributed by atoms with Crippen molar-refractivity contribution in [3.63, 3.8) is 0 Å². The maximum absolute atomic E-state index is 12.5. The Morgan fingerprint density at radius 2 is 1.87 bits per heavy atom. The van der Waals surface area contributed by atoms with Gasteiger partial charge in [0.05, 0.1) is 18.7 Å². The number of epoxide rings is 1. The van der Waals surface area contributed by atoms with Gasteiger partial charge < -0.3 is 9.64 Å². The van der Waals surface area contributed by atoms with Gasteiger partial charge in [0.1, 0.15) is 5.60 Å². The Morgan fingerprint density at radius 3 is 2.39 bits per heavy atom. The third kappa shape index (κ3) is 4.03. The normalized spacial score (nSPS) is 25.7. The molecule has 1 amide bonds. The fourth-order valence-corrected chi connectivity index (χ4v) is 2.77. The Labute approximate surface area is 132 Å².